The van der Waals surface area contributed by atoms with Crippen LogP contribution in [-0.4, -0.2) is 23.4 Å². The molecule has 1 fully saturated rings. The Hall–Kier alpha value is -0.350. The van der Waals surface area contributed by atoms with Crippen LogP contribution in [0, 0.1) is 5.92 Å². The number of rotatable bonds is 5. The smallest absolute Gasteiger partial charge is 0.265 e. The fourth-order valence-electron chi connectivity index (χ4n) is 2.64. The van der Waals surface area contributed by atoms with Crippen LogP contribution < -0.4 is 0 Å². The summed E-state index contributed by atoms with van der Waals surface area (Å²) in [5.41, 5.74) is 0. The maximum Gasteiger partial charge on any atom is 0.265 e. The van der Waals surface area contributed by atoms with Crippen molar-refractivity contribution in [2.24, 2.45) is 5.92 Å². The molecular formula is C15H22BrNOS. The van der Waals surface area contributed by atoms with Gasteiger partial charge in [0.25, 0.3) is 5.91 Å². The van der Waals surface area contributed by atoms with Crippen LogP contribution >= 0.6 is 27.3 Å². The molecule has 1 amide bonds. The molecule has 1 aromatic rings. The van der Waals surface area contributed by atoms with Gasteiger partial charge in [-0.25, -0.2) is 0 Å². The summed E-state index contributed by atoms with van der Waals surface area (Å²) in [5, 5.41) is 1.98. The summed E-state index contributed by atoms with van der Waals surface area (Å²) in [4.78, 5) is 15.7. The second-order valence-corrected chi connectivity index (χ2v) is 7.49. The van der Waals surface area contributed by atoms with Gasteiger partial charge in [0, 0.05) is 17.1 Å². The van der Waals surface area contributed by atoms with E-state index in [2.05, 4.69) is 34.7 Å². The maximum atomic E-state index is 12.7. The molecule has 2 rings (SSSR count). The first-order valence-corrected chi connectivity index (χ1v) is 8.81. The number of halogens is 1. The number of carbonyl (C=O) groups is 1. The van der Waals surface area contributed by atoms with Gasteiger partial charge in [-0.1, -0.05) is 26.7 Å². The molecule has 4 heteroatoms. The van der Waals surface area contributed by atoms with Gasteiger partial charge in [0.05, 0.1) is 0 Å². The lowest BCUT2D eigenvalue weighted by atomic mass is 10.1. The molecule has 19 heavy (non-hydrogen) atoms. The zero-order valence-corrected chi connectivity index (χ0v) is 14.1. The van der Waals surface area contributed by atoms with Gasteiger partial charge in [-0.15, -0.1) is 11.3 Å². The Morgan fingerprint density at radius 1 is 1.47 bits per heavy atom. The molecule has 2 nitrogen and oxygen atoms in total. The van der Waals surface area contributed by atoms with Gasteiger partial charge in [0.15, 0.2) is 0 Å². The van der Waals surface area contributed by atoms with Crippen LogP contribution in [0.15, 0.2) is 15.9 Å². The Morgan fingerprint density at radius 3 is 2.68 bits per heavy atom. The average Bonchev–Trinajstić information content (AvgIpc) is 3.00. The first-order valence-electron chi connectivity index (χ1n) is 7.13. The molecule has 0 aliphatic heterocycles. The average molecular weight is 344 g/mol. The predicted octanol–water partition coefficient (Wildman–Crippen LogP) is 4.94. The van der Waals surface area contributed by atoms with E-state index in [4.69, 9.17) is 0 Å². The molecule has 0 N–H and O–H groups in total. The van der Waals surface area contributed by atoms with Crippen molar-refractivity contribution in [2.75, 3.05) is 6.54 Å². The van der Waals surface area contributed by atoms with Gasteiger partial charge in [-0.05, 0) is 52.6 Å². The summed E-state index contributed by atoms with van der Waals surface area (Å²) in [6.07, 6.45) is 5.97. The highest BCUT2D eigenvalue weighted by Crippen LogP contribution is 2.29. The maximum absolute atomic E-state index is 12.7. The van der Waals surface area contributed by atoms with Crippen molar-refractivity contribution in [1.82, 2.24) is 4.90 Å². The molecule has 0 unspecified atom stereocenters. The molecule has 1 aliphatic rings. The third kappa shape index (κ3) is 3.82. The molecule has 0 spiro atoms. The zero-order valence-electron chi connectivity index (χ0n) is 11.7. The van der Waals surface area contributed by atoms with Crippen molar-refractivity contribution in [1.29, 1.82) is 0 Å². The quantitative estimate of drug-likeness (QED) is 0.741. The lowest BCUT2D eigenvalue weighted by molar-refractivity contribution is 0.0676. The normalized spacial score (nSPS) is 16.2. The molecule has 0 aromatic carbocycles. The summed E-state index contributed by atoms with van der Waals surface area (Å²) in [5.74, 6) is 0.859. The highest BCUT2D eigenvalue weighted by Gasteiger charge is 2.28. The Bertz CT molecular complexity index is 424. The molecule has 0 radical (unpaired) electrons. The predicted molar refractivity (Wildman–Crippen MR) is 84.8 cm³/mol. The van der Waals surface area contributed by atoms with Crippen LogP contribution in [0.1, 0.15) is 55.6 Å². The van der Waals surface area contributed by atoms with E-state index in [1.807, 2.05) is 11.4 Å². The van der Waals surface area contributed by atoms with E-state index >= 15 is 0 Å². The summed E-state index contributed by atoms with van der Waals surface area (Å²) in [6, 6.07) is 2.42. The molecule has 1 aliphatic carbocycles. The SMILES string of the molecule is CC(C)CCN(C(=O)c1sccc1Br)C1CCCC1. The third-order valence-corrected chi connectivity index (χ3v) is 5.61. The van der Waals surface area contributed by atoms with Gasteiger partial charge < -0.3 is 4.90 Å². The van der Waals surface area contributed by atoms with Crippen molar-refractivity contribution in [3.05, 3.63) is 20.8 Å². The molecule has 106 valence electrons. The van der Waals surface area contributed by atoms with Crippen molar-refractivity contribution < 1.29 is 4.79 Å². The molecule has 0 bridgehead atoms. The Morgan fingerprint density at radius 2 is 2.16 bits per heavy atom. The number of hydrogen-bond donors (Lipinski definition) is 0. The van der Waals surface area contributed by atoms with Crippen LogP contribution in [-0.2, 0) is 0 Å². The van der Waals surface area contributed by atoms with Crippen molar-refractivity contribution >= 4 is 33.2 Å². The number of hydrogen-bond acceptors (Lipinski definition) is 2. The molecule has 1 aromatic heterocycles. The molecule has 1 saturated carbocycles. The highest BCUT2D eigenvalue weighted by atomic mass is 79.9. The van der Waals surface area contributed by atoms with Gasteiger partial charge in [0.2, 0.25) is 0 Å². The highest BCUT2D eigenvalue weighted by molar-refractivity contribution is 9.10. The van der Waals surface area contributed by atoms with Crippen LogP contribution in [0.25, 0.3) is 0 Å². The van der Waals surface area contributed by atoms with E-state index in [1.54, 1.807) is 11.3 Å². The number of amides is 1. The van der Waals surface area contributed by atoms with E-state index in [9.17, 15) is 4.79 Å². The standard InChI is InChI=1S/C15H22BrNOS/c1-11(2)7-9-17(12-5-3-4-6-12)15(18)14-13(16)8-10-19-14/h8,10-12H,3-7,9H2,1-2H3. The van der Waals surface area contributed by atoms with Gasteiger partial charge in [0.1, 0.15) is 4.88 Å². The molecular weight excluding hydrogens is 322 g/mol. The Balaban J connectivity index is 2.11. The minimum Gasteiger partial charge on any atom is -0.335 e. The lowest BCUT2D eigenvalue weighted by Crippen LogP contribution is -2.39. The van der Waals surface area contributed by atoms with Crippen LogP contribution in [0.3, 0.4) is 0 Å². The Kier molecular flexibility index (Phi) is 5.46. The largest absolute Gasteiger partial charge is 0.335 e. The van der Waals surface area contributed by atoms with E-state index in [0.29, 0.717) is 12.0 Å². The van der Waals surface area contributed by atoms with Gasteiger partial charge in [-0.2, -0.15) is 0 Å². The number of nitrogens with zero attached hydrogens (tertiary/aromatic N) is 1. The van der Waals surface area contributed by atoms with E-state index < -0.39 is 0 Å². The molecule has 0 atom stereocenters. The van der Waals surface area contributed by atoms with Crippen LogP contribution in [0.4, 0.5) is 0 Å². The second kappa shape index (κ2) is 6.89. The number of carbonyl (C=O) groups excluding carboxylic acids is 1. The third-order valence-electron chi connectivity index (χ3n) is 3.79. The minimum absolute atomic E-state index is 0.217. The fraction of sp³-hybridized carbons (Fsp3) is 0.667. The van der Waals surface area contributed by atoms with E-state index in [-0.39, 0.29) is 5.91 Å². The van der Waals surface area contributed by atoms with Gasteiger partial charge >= 0.3 is 0 Å². The second-order valence-electron chi connectivity index (χ2n) is 5.72. The van der Waals surface area contributed by atoms with Crippen molar-refractivity contribution in [2.45, 2.75) is 52.0 Å². The summed E-state index contributed by atoms with van der Waals surface area (Å²) in [7, 11) is 0. The minimum atomic E-state index is 0.217. The van der Waals surface area contributed by atoms with Crippen LogP contribution in [0.5, 0.6) is 0 Å². The van der Waals surface area contributed by atoms with E-state index in [1.165, 1.54) is 25.7 Å². The Labute approximate surface area is 128 Å². The van der Waals surface area contributed by atoms with E-state index in [0.717, 1.165) is 22.3 Å². The summed E-state index contributed by atoms with van der Waals surface area (Å²) >= 11 is 5.03. The molecule has 1 heterocycles. The first-order chi connectivity index (χ1) is 9.09. The van der Waals surface area contributed by atoms with Crippen LogP contribution in [0.2, 0.25) is 0 Å². The van der Waals surface area contributed by atoms with Crippen molar-refractivity contribution in [3.8, 4) is 0 Å². The lowest BCUT2D eigenvalue weighted by Gasteiger charge is -2.29. The van der Waals surface area contributed by atoms with Crippen molar-refractivity contribution in [3.63, 3.8) is 0 Å². The first kappa shape index (κ1) is 15.0. The topological polar surface area (TPSA) is 20.3 Å². The summed E-state index contributed by atoms with van der Waals surface area (Å²) in [6.45, 7) is 5.34. The fourth-order valence-corrected chi connectivity index (χ4v) is 4.14. The monoisotopic (exact) mass is 343 g/mol. The summed E-state index contributed by atoms with van der Waals surface area (Å²) < 4.78 is 0.940. The molecule has 0 saturated heterocycles. The van der Waals surface area contributed by atoms with Gasteiger partial charge in [-0.3, -0.25) is 4.79 Å². The number of thiophene rings is 1. The zero-order chi connectivity index (χ0) is 13.8.